The van der Waals surface area contributed by atoms with Crippen LogP contribution < -0.4 is 10.0 Å². The Hall–Kier alpha value is -1.88. The SMILES string of the molecule is CSc1ccccc1NC(=O)[C@H]1C[C@@H](c2cn(C)nc2C)NS(=O)(=O)N1C. The van der Waals surface area contributed by atoms with Crippen LogP contribution >= 0.6 is 11.8 Å². The lowest BCUT2D eigenvalue weighted by atomic mass is 10.00. The molecule has 8 nitrogen and oxygen atoms in total. The number of hydrogen-bond donors (Lipinski definition) is 2. The Kier molecular flexibility index (Phi) is 5.61. The third kappa shape index (κ3) is 4.03. The molecule has 1 aliphatic heterocycles. The zero-order valence-corrected chi connectivity index (χ0v) is 17.3. The molecule has 1 aromatic heterocycles. The number of hydrogen-bond acceptors (Lipinski definition) is 5. The number of carbonyl (C=O) groups excluding carboxylic acids is 1. The van der Waals surface area contributed by atoms with Gasteiger partial charge in [-0.25, -0.2) is 0 Å². The van der Waals surface area contributed by atoms with Crippen LogP contribution in [0.25, 0.3) is 0 Å². The van der Waals surface area contributed by atoms with E-state index in [4.69, 9.17) is 0 Å². The number of para-hydroxylation sites is 1. The lowest BCUT2D eigenvalue weighted by Gasteiger charge is -2.36. The Bertz CT molecular complexity index is 957. The maximum Gasteiger partial charge on any atom is 0.280 e. The number of benzene rings is 1. The van der Waals surface area contributed by atoms with E-state index in [0.717, 1.165) is 20.5 Å². The average molecular weight is 410 g/mol. The molecule has 0 unspecified atom stereocenters. The molecule has 1 saturated heterocycles. The van der Waals surface area contributed by atoms with Gasteiger partial charge in [0, 0.05) is 30.8 Å². The number of thioether (sulfide) groups is 1. The van der Waals surface area contributed by atoms with Gasteiger partial charge >= 0.3 is 0 Å². The molecule has 146 valence electrons. The van der Waals surface area contributed by atoms with Crippen molar-refractivity contribution in [1.29, 1.82) is 0 Å². The van der Waals surface area contributed by atoms with Crippen molar-refractivity contribution in [3.8, 4) is 0 Å². The number of likely N-dealkylation sites (N-methyl/N-ethyl adjacent to an activating group) is 1. The molecular formula is C17H23N5O3S2. The minimum atomic E-state index is -3.79. The lowest BCUT2D eigenvalue weighted by molar-refractivity contribution is -0.120. The molecule has 2 aromatic rings. The molecule has 1 aromatic carbocycles. The van der Waals surface area contributed by atoms with Gasteiger partial charge in [-0.3, -0.25) is 9.48 Å². The zero-order valence-electron chi connectivity index (χ0n) is 15.6. The minimum Gasteiger partial charge on any atom is -0.324 e. The number of nitrogens with one attached hydrogen (secondary N) is 2. The van der Waals surface area contributed by atoms with Crippen LogP contribution in [0.3, 0.4) is 0 Å². The van der Waals surface area contributed by atoms with Gasteiger partial charge < -0.3 is 5.32 Å². The minimum absolute atomic E-state index is 0.315. The maximum absolute atomic E-state index is 12.9. The van der Waals surface area contributed by atoms with E-state index in [-0.39, 0.29) is 5.91 Å². The van der Waals surface area contributed by atoms with Crippen LogP contribution in [0.2, 0.25) is 0 Å². The number of aryl methyl sites for hydroxylation is 2. The van der Waals surface area contributed by atoms with Crippen molar-refractivity contribution < 1.29 is 13.2 Å². The number of amides is 1. The molecule has 2 heterocycles. The summed E-state index contributed by atoms with van der Waals surface area (Å²) in [5.41, 5.74) is 2.19. The summed E-state index contributed by atoms with van der Waals surface area (Å²) in [5.74, 6) is -0.351. The van der Waals surface area contributed by atoms with Crippen molar-refractivity contribution in [2.45, 2.75) is 30.3 Å². The Morgan fingerprint density at radius 3 is 2.67 bits per heavy atom. The highest BCUT2D eigenvalue weighted by Crippen LogP contribution is 2.31. The average Bonchev–Trinajstić information content (AvgIpc) is 2.95. The predicted octanol–water partition coefficient (Wildman–Crippen LogP) is 1.67. The summed E-state index contributed by atoms with van der Waals surface area (Å²) < 4.78 is 30.5. The quantitative estimate of drug-likeness (QED) is 0.749. The smallest absolute Gasteiger partial charge is 0.280 e. The van der Waals surface area contributed by atoms with Gasteiger partial charge in [-0.2, -0.15) is 22.5 Å². The monoisotopic (exact) mass is 409 g/mol. The molecule has 3 rings (SSSR count). The van der Waals surface area contributed by atoms with Crippen LogP contribution in [0.1, 0.15) is 23.7 Å². The van der Waals surface area contributed by atoms with Crippen molar-refractivity contribution in [3.63, 3.8) is 0 Å². The van der Waals surface area contributed by atoms with E-state index in [2.05, 4.69) is 15.1 Å². The van der Waals surface area contributed by atoms with Gasteiger partial charge in [0.2, 0.25) is 5.91 Å². The topological polar surface area (TPSA) is 96.3 Å². The summed E-state index contributed by atoms with van der Waals surface area (Å²) in [6, 6.07) is 6.11. The normalized spacial score (nSPS) is 22.5. The van der Waals surface area contributed by atoms with Crippen molar-refractivity contribution >= 4 is 33.6 Å². The molecule has 10 heteroatoms. The molecule has 27 heavy (non-hydrogen) atoms. The first-order valence-electron chi connectivity index (χ1n) is 8.42. The van der Waals surface area contributed by atoms with Gasteiger partial charge in [-0.15, -0.1) is 11.8 Å². The molecular weight excluding hydrogens is 386 g/mol. The second-order valence-electron chi connectivity index (χ2n) is 6.48. The second kappa shape index (κ2) is 7.63. The fourth-order valence-corrected chi connectivity index (χ4v) is 5.06. The fraction of sp³-hybridized carbons (Fsp3) is 0.412. The van der Waals surface area contributed by atoms with Crippen LogP contribution in [0.4, 0.5) is 5.69 Å². The van der Waals surface area contributed by atoms with Gasteiger partial charge in [0.1, 0.15) is 6.04 Å². The van der Waals surface area contributed by atoms with E-state index in [1.807, 2.05) is 37.4 Å². The Morgan fingerprint density at radius 1 is 1.33 bits per heavy atom. The molecule has 0 aliphatic carbocycles. The van der Waals surface area contributed by atoms with Gasteiger partial charge in [-0.1, -0.05) is 12.1 Å². The van der Waals surface area contributed by atoms with Crippen molar-refractivity contribution in [1.82, 2.24) is 18.8 Å². The number of nitrogens with zero attached hydrogens (tertiary/aromatic N) is 3. The Labute approximate surface area is 163 Å². The summed E-state index contributed by atoms with van der Waals surface area (Å²) >= 11 is 1.52. The first-order valence-corrected chi connectivity index (χ1v) is 11.1. The maximum atomic E-state index is 12.9. The highest BCUT2D eigenvalue weighted by Gasteiger charge is 2.41. The third-order valence-electron chi connectivity index (χ3n) is 4.66. The van der Waals surface area contributed by atoms with E-state index < -0.39 is 22.3 Å². The predicted molar refractivity (Wildman–Crippen MR) is 106 cm³/mol. The fourth-order valence-electron chi connectivity index (χ4n) is 3.24. The summed E-state index contributed by atoms with van der Waals surface area (Å²) in [6.07, 6.45) is 4.02. The number of aromatic nitrogens is 2. The van der Waals surface area contributed by atoms with Crippen LogP contribution in [-0.2, 0) is 22.1 Å². The standard InChI is InChI=1S/C17H23N5O3S2/c1-11-12(10-21(2)19-11)14-9-15(22(3)27(24,25)20-14)17(23)18-13-7-5-6-8-16(13)26-4/h5-8,10,14-15,20H,9H2,1-4H3,(H,18,23)/t14-,15+/m0/s1. The number of anilines is 1. The molecule has 0 spiro atoms. The number of rotatable bonds is 4. The van der Waals surface area contributed by atoms with E-state index in [9.17, 15) is 13.2 Å². The van der Waals surface area contributed by atoms with Gasteiger partial charge in [-0.05, 0) is 31.7 Å². The molecule has 0 saturated carbocycles. The van der Waals surface area contributed by atoms with Gasteiger partial charge in [0.05, 0.1) is 17.4 Å². The molecule has 1 amide bonds. The van der Waals surface area contributed by atoms with Crippen LogP contribution in [0.15, 0.2) is 35.4 Å². The van der Waals surface area contributed by atoms with E-state index >= 15 is 0 Å². The molecule has 2 N–H and O–H groups in total. The lowest BCUT2D eigenvalue weighted by Crippen LogP contribution is -2.56. The summed E-state index contributed by atoms with van der Waals surface area (Å²) in [4.78, 5) is 13.8. The highest BCUT2D eigenvalue weighted by atomic mass is 32.2. The molecule has 0 bridgehead atoms. The second-order valence-corrected chi connectivity index (χ2v) is 9.09. The number of carbonyl (C=O) groups is 1. The van der Waals surface area contributed by atoms with Crippen LogP contribution in [0, 0.1) is 6.92 Å². The molecule has 1 aliphatic rings. The van der Waals surface area contributed by atoms with Gasteiger partial charge in [0.15, 0.2) is 0 Å². The molecule has 0 radical (unpaired) electrons. The summed E-state index contributed by atoms with van der Waals surface area (Å²) in [5, 5.41) is 7.15. The summed E-state index contributed by atoms with van der Waals surface area (Å²) in [6.45, 7) is 1.83. The van der Waals surface area contributed by atoms with E-state index in [1.165, 1.54) is 18.8 Å². The van der Waals surface area contributed by atoms with Crippen LogP contribution in [0.5, 0.6) is 0 Å². The van der Waals surface area contributed by atoms with Gasteiger partial charge in [0.25, 0.3) is 10.2 Å². The highest BCUT2D eigenvalue weighted by molar-refractivity contribution is 7.98. The van der Waals surface area contributed by atoms with E-state index in [1.54, 1.807) is 17.9 Å². The van der Waals surface area contributed by atoms with Crippen molar-refractivity contribution in [2.75, 3.05) is 18.6 Å². The van der Waals surface area contributed by atoms with E-state index in [0.29, 0.717) is 12.1 Å². The third-order valence-corrected chi connectivity index (χ3v) is 7.05. The first kappa shape index (κ1) is 19.9. The van der Waals surface area contributed by atoms with Crippen molar-refractivity contribution in [3.05, 3.63) is 41.7 Å². The first-order chi connectivity index (χ1) is 12.7. The summed E-state index contributed by atoms with van der Waals surface area (Å²) in [7, 11) is -0.591. The Balaban J connectivity index is 1.88. The molecule has 2 atom stereocenters. The largest absolute Gasteiger partial charge is 0.324 e. The molecule has 1 fully saturated rings. The van der Waals surface area contributed by atoms with Crippen molar-refractivity contribution in [2.24, 2.45) is 7.05 Å². The zero-order chi connectivity index (χ0) is 19.8. The van der Waals surface area contributed by atoms with Crippen LogP contribution in [-0.4, -0.2) is 47.8 Å². The Morgan fingerprint density at radius 2 is 2.04 bits per heavy atom.